The fourth-order valence-corrected chi connectivity index (χ4v) is 3.60. The minimum Gasteiger partial charge on any atom is -0.483 e. The maximum absolute atomic E-state index is 13.0. The van der Waals surface area contributed by atoms with Gasteiger partial charge in [-0.25, -0.2) is 10.4 Å². The summed E-state index contributed by atoms with van der Waals surface area (Å²) in [5.41, 5.74) is 9.83. The summed E-state index contributed by atoms with van der Waals surface area (Å²) < 4.78 is 11.0. The van der Waals surface area contributed by atoms with Gasteiger partial charge in [-0.15, -0.1) is 0 Å². The standard InChI is InChI=1S/C17H23N7O3/c18-3-1-10-5-21-16-14(15(19)23-24(16)7-10)17(25)22-12-6-20-4-2-13(12)27-11-8-26-9-11/h2,4,6,10-11,14-16,21,23H,1,5,7-9,19H2,(H,22,25). The van der Waals surface area contributed by atoms with Gasteiger partial charge >= 0.3 is 0 Å². The highest BCUT2D eigenvalue weighted by Gasteiger charge is 2.46. The number of carbonyl (C=O) groups excluding carboxylic acids is 1. The van der Waals surface area contributed by atoms with Crippen LogP contribution in [0.15, 0.2) is 18.5 Å². The van der Waals surface area contributed by atoms with Crippen LogP contribution in [0.25, 0.3) is 0 Å². The van der Waals surface area contributed by atoms with Gasteiger partial charge < -0.3 is 20.5 Å². The molecule has 1 amide bonds. The van der Waals surface area contributed by atoms with E-state index in [1.165, 1.54) is 0 Å². The van der Waals surface area contributed by atoms with Crippen molar-refractivity contribution in [3.63, 3.8) is 0 Å². The van der Waals surface area contributed by atoms with E-state index < -0.39 is 12.1 Å². The SMILES string of the molecule is N#CCC1CNC2C(C(=O)Nc3cnccc3OC3COC3)C(N)NN2C1. The number of anilines is 1. The summed E-state index contributed by atoms with van der Waals surface area (Å²) in [7, 11) is 0. The maximum Gasteiger partial charge on any atom is 0.233 e. The first-order valence-electron chi connectivity index (χ1n) is 9.03. The van der Waals surface area contributed by atoms with Crippen LogP contribution in [-0.2, 0) is 9.53 Å². The molecule has 5 N–H and O–H groups in total. The van der Waals surface area contributed by atoms with Crippen molar-refractivity contribution in [2.24, 2.45) is 17.6 Å². The van der Waals surface area contributed by atoms with Crippen LogP contribution in [-0.4, -0.2) is 60.6 Å². The monoisotopic (exact) mass is 373 g/mol. The lowest BCUT2D eigenvalue weighted by molar-refractivity contribution is -0.121. The van der Waals surface area contributed by atoms with Crippen LogP contribution in [0, 0.1) is 23.2 Å². The Morgan fingerprint density at radius 2 is 2.41 bits per heavy atom. The second-order valence-corrected chi connectivity index (χ2v) is 7.05. The Labute approximate surface area is 157 Å². The number of carbonyl (C=O) groups is 1. The lowest BCUT2D eigenvalue weighted by atomic mass is 9.98. The zero-order valence-electron chi connectivity index (χ0n) is 14.8. The first-order valence-corrected chi connectivity index (χ1v) is 9.03. The van der Waals surface area contributed by atoms with Crippen LogP contribution in [0.3, 0.4) is 0 Å². The van der Waals surface area contributed by atoms with Gasteiger partial charge in [0.05, 0.1) is 43.7 Å². The molecule has 4 unspecified atom stereocenters. The predicted octanol–water partition coefficient (Wildman–Crippen LogP) is -1.02. The number of rotatable bonds is 5. The third-order valence-corrected chi connectivity index (χ3v) is 5.07. The molecule has 0 aromatic carbocycles. The van der Waals surface area contributed by atoms with E-state index in [0.29, 0.717) is 44.2 Å². The van der Waals surface area contributed by atoms with Gasteiger partial charge in [0, 0.05) is 31.8 Å². The zero-order valence-corrected chi connectivity index (χ0v) is 14.8. The number of nitriles is 1. The highest BCUT2D eigenvalue weighted by molar-refractivity contribution is 5.94. The normalized spacial score (nSPS) is 30.8. The first kappa shape index (κ1) is 18.1. The van der Waals surface area contributed by atoms with Crippen molar-refractivity contribution in [1.29, 1.82) is 5.26 Å². The molecule has 1 aromatic rings. The molecule has 0 saturated carbocycles. The molecule has 0 spiro atoms. The van der Waals surface area contributed by atoms with Gasteiger partial charge in [-0.3, -0.25) is 15.1 Å². The number of aromatic nitrogens is 1. The summed E-state index contributed by atoms with van der Waals surface area (Å²) in [4.78, 5) is 17.0. The molecule has 3 aliphatic rings. The number of amides is 1. The van der Waals surface area contributed by atoms with E-state index in [0.717, 1.165) is 0 Å². The van der Waals surface area contributed by atoms with E-state index >= 15 is 0 Å². The minimum absolute atomic E-state index is 0.00831. The Bertz CT molecular complexity index is 735. The van der Waals surface area contributed by atoms with Crippen molar-refractivity contribution in [2.75, 3.05) is 31.6 Å². The van der Waals surface area contributed by atoms with Gasteiger partial charge in [-0.2, -0.15) is 5.26 Å². The molecule has 0 radical (unpaired) electrons. The number of ether oxygens (including phenoxy) is 2. The van der Waals surface area contributed by atoms with Crippen LogP contribution in [0.4, 0.5) is 5.69 Å². The summed E-state index contributed by atoms with van der Waals surface area (Å²) in [5, 5.41) is 17.1. The number of nitrogens with two attached hydrogens (primary N) is 1. The van der Waals surface area contributed by atoms with Crippen molar-refractivity contribution >= 4 is 11.6 Å². The highest BCUT2D eigenvalue weighted by Crippen LogP contribution is 2.29. The van der Waals surface area contributed by atoms with Gasteiger partial charge in [-0.1, -0.05) is 0 Å². The maximum atomic E-state index is 13.0. The molecular formula is C17H23N7O3. The molecule has 1 aromatic heterocycles. The van der Waals surface area contributed by atoms with Gasteiger partial charge in [0.1, 0.15) is 17.5 Å². The molecular weight excluding hydrogens is 350 g/mol. The lowest BCUT2D eigenvalue weighted by Crippen LogP contribution is -2.57. The molecule has 4 heterocycles. The Morgan fingerprint density at radius 1 is 1.56 bits per heavy atom. The molecule has 0 aliphatic carbocycles. The molecule has 3 aliphatic heterocycles. The summed E-state index contributed by atoms with van der Waals surface area (Å²) in [5.74, 6) is 0.0640. The second kappa shape index (κ2) is 7.75. The van der Waals surface area contributed by atoms with Crippen LogP contribution < -0.4 is 26.5 Å². The summed E-state index contributed by atoms with van der Waals surface area (Å²) >= 11 is 0. The second-order valence-electron chi connectivity index (χ2n) is 7.05. The average molecular weight is 373 g/mol. The number of fused-ring (bicyclic) bond motifs is 1. The summed E-state index contributed by atoms with van der Waals surface area (Å²) in [6, 6.07) is 3.91. The van der Waals surface area contributed by atoms with Crippen molar-refractivity contribution in [1.82, 2.24) is 20.7 Å². The quantitative estimate of drug-likeness (QED) is 0.511. The third-order valence-electron chi connectivity index (χ3n) is 5.07. The van der Waals surface area contributed by atoms with E-state index in [9.17, 15) is 4.79 Å². The molecule has 144 valence electrons. The smallest absolute Gasteiger partial charge is 0.233 e. The van der Waals surface area contributed by atoms with Crippen molar-refractivity contribution in [3.05, 3.63) is 18.5 Å². The molecule has 3 fully saturated rings. The van der Waals surface area contributed by atoms with Crippen LogP contribution in [0.2, 0.25) is 0 Å². The van der Waals surface area contributed by atoms with E-state index in [1.807, 2.05) is 5.01 Å². The predicted molar refractivity (Wildman–Crippen MR) is 94.9 cm³/mol. The molecule has 27 heavy (non-hydrogen) atoms. The van der Waals surface area contributed by atoms with Crippen LogP contribution in [0.1, 0.15) is 6.42 Å². The Balaban J connectivity index is 1.43. The molecule has 10 nitrogen and oxygen atoms in total. The fourth-order valence-electron chi connectivity index (χ4n) is 3.60. The number of nitrogens with zero attached hydrogens (tertiary/aromatic N) is 3. The first-order chi connectivity index (χ1) is 13.2. The van der Waals surface area contributed by atoms with E-state index in [-0.39, 0.29) is 24.1 Å². The molecule has 4 rings (SSSR count). The largest absolute Gasteiger partial charge is 0.483 e. The van der Waals surface area contributed by atoms with Gasteiger partial charge in [0.15, 0.2) is 0 Å². The van der Waals surface area contributed by atoms with Crippen LogP contribution >= 0.6 is 0 Å². The van der Waals surface area contributed by atoms with Gasteiger partial charge in [-0.05, 0) is 5.92 Å². The van der Waals surface area contributed by atoms with E-state index in [2.05, 4.69) is 27.1 Å². The number of hydrogen-bond acceptors (Lipinski definition) is 9. The Hall–Kier alpha value is -2.29. The fraction of sp³-hybridized carbons (Fsp3) is 0.588. The molecule has 10 heteroatoms. The van der Waals surface area contributed by atoms with Gasteiger partial charge in [0.2, 0.25) is 5.91 Å². The lowest BCUT2D eigenvalue weighted by Gasteiger charge is -2.36. The van der Waals surface area contributed by atoms with E-state index in [4.69, 9.17) is 20.5 Å². The van der Waals surface area contributed by atoms with Crippen molar-refractivity contribution < 1.29 is 14.3 Å². The Kier molecular flexibility index (Phi) is 5.20. The average Bonchev–Trinajstić information content (AvgIpc) is 2.94. The Morgan fingerprint density at radius 3 is 3.15 bits per heavy atom. The number of nitrogens with one attached hydrogen (secondary N) is 3. The summed E-state index contributed by atoms with van der Waals surface area (Å²) in [6.45, 7) is 2.43. The number of pyridine rings is 1. The number of hydrazine groups is 1. The minimum atomic E-state index is -0.524. The number of hydrogen-bond donors (Lipinski definition) is 4. The topological polar surface area (TPSA) is 138 Å². The van der Waals surface area contributed by atoms with Crippen molar-refractivity contribution in [2.45, 2.75) is 24.9 Å². The van der Waals surface area contributed by atoms with Crippen molar-refractivity contribution in [3.8, 4) is 11.8 Å². The molecule has 0 bridgehead atoms. The highest BCUT2D eigenvalue weighted by atomic mass is 16.6. The van der Waals surface area contributed by atoms with Gasteiger partial charge in [0.25, 0.3) is 0 Å². The van der Waals surface area contributed by atoms with Crippen LogP contribution in [0.5, 0.6) is 5.75 Å². The zero-order chi connectivity index (χ0) is 18.8. The summed E-state index contributed by atoms with van der Waals surface area (Å²) in [6.07, 6.45) is 2.89. The molecule has 4 atom stereocenters. The third kappa shape index (κ3) is 3.73. The van der Waals surface area contributed by atoms with E-state index in [1.54, 1.807) is 18.5 Å². The molecule has 3 saturated heterocycles.